The first-order valence-electron chi connectivity index (χ1n) is 8.06. The Bertz CT molecular complexity index is 894. The monoisotopic (exact) mass is 322 g/mol. The number of aryl methyl sites for hydroxylation is 1. The second-order valence-corrected chi connectivity index (χ2v) is 6.02. The zero-order valence-corrected chi connectivity index (χ0v) is 13.5. The lowest BCUT2D eigenvalue weighted by Gasteiger charge is -2.13. The fourth-order valence-corrected chi connectivity index (χ4v) is 3.32. The highest BCUT2D eigenvalue weighted by Gasteiger charge is 2.25. The van der Waals surface area contributed by atoms with E-state index in [1.165, 1.54) is 5.56 Å². The molecule has 1 aromatic heterocycles. The molecule has 4 nitrogen and oxygen atoms in total. The quantitative estimate of drug-likeness (QED) is 0.675. The van der Waals surface area contributed by atoms with Gasteiger partial charge in [-0.15, -0.1) is 0 Å². The molecule has 0 unspecified atom stereocenters. The molecule has 0 radical (unpaired) electrons. The van der Waals surface area contributed by atoms with Crippen LogP contribution in [0.1, 0.15) is 29.2 Å². The van der Waals surface area contributed by atoms with Crippen molar-refractivity contribution in [2.75, 3.05) is 7.11 Å². The Kier molecular flexibility index (Phi) is 3.73. The molecule has 1 atom stereocenters. The average Bonchev–Trinajstić information content (AvgIpc) is 3.19. The zero-order valence-electron chi connectivity index (χ0n) is 13.5. The standard InChI is InChI=1S/C20H18O4/c1-22-15-7-8-17-14(12-23-19(17)11-15)10-20(21)24-18-9-6-13-4-2-3-5-16(13)18/h2-5,7-8,11-12,18H,6,9-10H2,1H3/t18-/m0/s1. The fraction of sp³-hybridized carbons (Fsp3) is 0.250. The molecule has 122 valence electrons. The van der Waals surface area contributed by atoms with Gasteiger partial charge < -0.3 is 13.9 Å². The molecule has 4 heteroatoms. The lowest BCUT2D eigenvalue weighted by molar-refractivity contribution is -0.148. The van der Waals surface area contributed by atoms with Gasteiger partial charge in [0.15, 0.2) is 0 Å². The molecular formula is C20H18O4. The minimum Gasteiger partial charge on any atom is -0.497 e. The Labute approximate surface area is 140 Å². The van der Waals surface area contributed by atoms with Crippen LogP contribution in [-0.2, 0) is 22.4 Å². The maximum atomic E-state index is 12.4. The minimum absolute atomic E-state index is 0.132. The number of hydrogen-bond acceptors (Lipinski definition) is 4. The summed E-state index contributed by atoms with van der Waals surface area (Å²) >= 11 is 0. The number of carbonyl (C=O) groups is 1. The highest BCUT2D eigenvalue weighted by molar-refractivity contribution is 5.86. The van der Waals surface area contributed by atoms with Gasteiger partial charge in [-0.3, -0.25) is 4.79 Å². The Balaban J connectivity index is 1.49. The summed E-state index contributed by atoms with van der Waals surface area (Å²) in [4.78, 5) is 12.4. The van der Waals surface area contributed by atoms with Crippen LogP contribution in [0.2, 0.25) is 0 Å². The third-order valence-electron chi connectivity index (χ3n) is 4.55. The van der Waals surface area contributed by atoms with E-state index in [9.17, 15) is 4.79 Å². The van der Waals surface area contributed by atoms with Gasteiger partial charge in [0.2, 0.25) is 0 Å². The highest BCUT2D eigenvalue weighted by atomic mass is 16.5. The molecule has 0 fully saturated rings. The molecule has 4 rings (SSSR count). The molecule has 1 aliphatic rings. The molecule has 2 aromatic carbocycles. The summed E-state index contributed by atoms with van der Waals surface area (Å²) in [6.07, 6.45) is 3.51. The van der Waals surface area contributed by atoms with Crippen LogP contribution < -0.4 is 4.74 Å². The van der Waals surface area contributed by atoms with Gasteiger partial charge in [-0.2, -0.15) is 0 Å². The predicted octanol–water partition coefficient (Wildman–Crippen LogP) is 4.21. The second kappa shape index (κ2) is 6.04. The maximum absolute atomic E-state index is 12.4. The molecule has 0 N–H and O–H groups in total. The third kappa shape index (κ3) is 2.64. The smallest absolute Gasteiger partial charge is 0.311 e. The number of fused-ring (bicyclic) bond motifs is 2. The number of methoxy groups -OCH3 is 1. The van der Waals surface area contributed by atoms with Crippen molar-refractivity contribution < 1.29 is 18.7 Å². The van der Waals surface area contributed by atoms with E-state index in [-0.39, 0.29) is 18.5 Å². The number of rotatable bonds is 4. The summed E-state index contributed by atoms with van der Waals surface area (Å²) < 4.78 is 16.4. The Hall–Kier alpha value is -2.75. The van der Waals surface area contributed by atoms with Crippen molar-refractivity contribution in [3.63, 3.8) is 0 Å². The van der Waals surface area contributed by atoms with Crippen molar-refractivity contribution >= 4 is 16.9 Å². The summed E-state index contributed by atoms with van der Waals surface area (Å²) in [7, 11) is 1.61. The number of esters is 1. The SMILES string of the molecule is COc1ccc2c(CC(=O)O[C@H]3CCc4ccccc43)coc2c1. The molecule has 3 aromatic rings. The fourth-order valence-electron chi connectivity index (χ4n) is 3.32. The van der Waals surface area contributed by atoms with E-state index >= 15 is 0 Å². The van der Waals surface area contributed by atoms with Crippen molar-refractivity contribution in [3.8, 4) is 5.75 Å². The third-order valence-corrected chi connectivity index (χ3v) is 4.55. The van der Waals surface area contributed by atoms with Gasteiger partial charge in [-0.05, 0) is 36.1 Å². The molecular weight excluding hydrogens is 304 g/mol. The summed E-state index contributed by atoms with van der Waals surface area (Å²) in [6, 6.07) is 13.7. The van der Waals surface area contributed by atoms with E-state index in [4.69, 9.17) is 13.9 Å². The van der Waals surface area contributed by atoms with Crippen LogP contribution in [0.25, 0.3) is 11.0 Å². The number of carbonyl (C=O) groups excluding carboxylic acids is 1. The maximum Gasteiger partial charge on any atom is 0.311 e. The predicted molar refractivity (Wildman–Crippen MR) is 90.1 cm³/mol. The van der Waals surface area contributed by atoms with Crippen molar-refractivity contribution in [1.29, 1.82) is 0 Å². The molecule has 0 saturated heterocycles. The van der Waals surface area contributed by atoms with Gasteiger partial charge in [-0.1, -0.05) is 24.3 Å². The van der Waals surface area contributed by atoms with E-state index in [0.29, 0.717) is 5.58 Å². The Morgan fingerprint density at radius 3 is 3.00 bits per heavy atom. The minimum atomic E-state index is -0.227. The van der Waals surface area contributed by atoms with Crippen LogP contribution in [0.4, 0.5) is 0 Å². The summed E-state index contributed by atoms with van der Waals surface area (Å²) in [5.74, 6) is 0.503. The number of furan rings is 1. The van der Waals surface area contributed by atoms with E-state index in [1.807, 2.05) is 36.4 Å². The number of benzene rings is 2. The molecule has 0 saturated carbocycles. The molecule has 0 aliphatic heterocycles. The largest absolute Gasteiger partial charge is 0.497 e. The van der Waals surface area contributed by atoms with E-state index in [2.05, 4.69) is 6.07 Å². The van der Waals surface area contributed by atoms with Gasteiger partial charge in [0.1, 0.15) is 17.4 Å². The second-order valence-electron chi connectivity index (χ2n) is 6.02. The van der Waals surface area contributed by atoms with Crippen LogP contribution in [0.5, 0.6) is 5.75 Å². The number of ether oxygens (including phenoxy) is 2. The first kappa shape index (κ1) is 14.8. The Morgan fingerprint density at radius 2 is 2.12 bits per heavy atom. The van der Waals surface area contributed by atoms with E-state index in [0.717, 1.165) is 35.1 Å². The topological polar surface area (TPSA) is 48.7 Å². The summed E-state index contributed by atoms with van der Waals surface area (Å²) in [6.45, 7) is 0. The van der Waals surface area contributed by atoms with Crippen molar-refractivity contribution in [2.45, 2.75) is 25.4 Å². The lowest BCUT2D eigenvalue weighted by Crippen LogP contribution is -2.11. The summed E-state index contributed by atoms with van der Waals surface area (Å²) in [5, 5.41) is 0.916. The van der Waals surface area contributed by atoms with Gasteiger partial charge in [0.25, 0.3) is 0 Å². The van der Waals surface area contributed by atoms with E-state index in [1.54, 1.807) is 13.4 Å². The zero-order chi connectivity index (χ0) is 16.5. The average molecular weight is 322 g/mol. The highest BCUT2D eigenvalue weighted by Crippen LogP contribution is 2.34. The molecule has 0 bridgehead atoms. The molecule has 0 spiro atoms. The molecule has 24 heavy (non-hydrogen) atoms. The van der Waals surface area contributed by atoms with Crippen LogP contribution in [0, 0.1) is 0 Å². The van der Waals surface area contributed by atoms with Crippen molar-refractivity contribution in [2.24, 2.45) is 0 Å². The van der Waals surface area contributed by atoms with Crippen LogP contribution in [0.3, 0.4) is 0 Å². The first-order valence-corrected chi connectivity index (χ1v) is 8.06. The molecule has 1 heterocycles. The van der Waals surface area contributed by atoms with Crippen LogP contribution >= 0.6 is 0 Å². The normalized spacial score (nSPS) is 16.1. The molecule has 1 aliphatic carbocycles. The van der Waals surface area contributed by atoms with Gasteiger partial charge in [0, 0.05) is 17.0 Å². The van der Waals surface area contributed by atoms with Crippen molar-refractivity contribution in [1.82, 2.24) is 0 Å². The molecule has 0 amide bonds. The lowest BCUT2D eigenvalue weighted by atomic mass is 10.1. The van der Waals surface area contributed by atoms with Crippen molar-refractivity contribution in [3.05, 3.63) is 65.4 Å². The Morgan fingerprint density at radius 1 is 1.25 bits per heavy atom. The van der Waals surface area contributed by atoms with Gasteiger partial charge in [0.05, 0.1) is 19.8 Å². The van der Waals surface area contributed by atoms with Crippen LogP contribution in [-0.4, -0.2) is 13.1 Å². The van der Waals surface area contributed by atoms with E-state index < -0.39 is 0 Å². The first-order chi connectivity index (χ1) is 11.7. The number of hydrogen-bond donors (Lipinski definition) is 0. The van der Waals surface area contributed by atoms with Gasteiger partial charge >= 0.3 is 5.97 Å². The van der Waals surface area contributed by atoms with Gasteiger partial charge in [-0.25, -0.2) is 0 Å². The summed E-state index contributed by atoms with van der Waals surface area (Å²) in [5.41, 5.74) is 3.95. The van der Waals surface area contributed by atoms with Crippen LogP contribution in [0.15, 0.2) is 53.1 Å².